The van der Waals surface area contributed by atoms with E-state index in [4.69, 9.17) is 0 Å². The van der Waals surface area contributed by atoms with E-state index in [0.29, 0.717) is 23.4 Å². The molecule has 2 nitrogen and oxygen atoms in total. The molecule has 2 aliphatic rings. The first-order valence-corrected chi connectivity index (χ1v) is 7.06. The van der Waals surface area contributed by atoms with E-state index in [1.165, 1.54) is 12.8 Å². The lowest BCUT2D eigenvalue weighted by molar-refractivity contribution is -0.118. The summed E-state index contributed by atoms with van der Waals surface area (Å²) in [4.78, 5) is 21.4. The molecule has 0 aromatic heterocycles. The van der Waals surface area contributed by atoms with E-state index >= 15 is 0 Å². The number of carbonyl (C=O) groups excluding carboxylic acids is 2. The molecular weight excluding hydrogens is 212 g/mol. The minimum absolute atomic E-state index is 0.449. The fraction of sp³-hybridized carbons (Fsp3) is 0.867. The van der Waals surface area contributed by atoms with Crippen LogP contribution in [-0.4, -0.2) is 11.6 Å². The molecule has 3 atom stereocenters. The molecule has 0 unspecified atom stereocenters. The van der Waals surface area contributed by atoms with Crippen LogP contribution < -0.4 is 0 Å². The van der Waals surface area contributed by atoms with Crippen LogP contribution in [0.5, 0.6) is 0 Å². The summed E-state index contributed by atoms with van der Waals surface area (Å²) in [5.41, 5.74) is 0. The molecule has 0 spiro atoms. The Bertz CT molecular complexity index is 258. The molecule has 2 fully saturated rings. The van der Waals surface area contributed by atoms with Gasteiger partial charge in [0.2, 0.25) is 0 Å². The van der Waals surface area contributed by atoms with Crippen LogP contribution in [0.1, 0.15) is 65.7 Å². The van der Waals surface area contributed by atoms with Crippen molar-refractivity contribution in [1.29, 1.82) is 0 Å². The Hall–Kier alpha value is -0.660. The summed E-state index contributed by atoms with van der Waals surface area (Å²) in [6.45, 7) is 6.48. The van der Waals surface area contributed by atoms with Crippen LogP contribution in [0, 0.1) is 17.8 Å². The Kier molecular flexibility index (Phi) is 5.87. The number of ketones is 2. The largest absolute Gasteiger partial charge is 0.300 e. The molecule has 0 heterocycles. The standard InChI is InChI=1S/C8H14O.C7H12O/c1-2-3-7-4-5-8(9)6-7;1-5-3-7(8)4-6(5)2/h7H,2-6H2,1H3;5-6H,3-4H2,1-2H3/t7-;5-,6-/m10/s1. The monoisotopic (exact) mass is 238 g/mol. The Balaban J connectivity index is 0.000000171. The highest BCUT2D eigenvalue weighted by atomic mass is 16.1. The molecule has 2 rings (SSSR count). The van der Waals surface area contributed by atoms with E-state index in [-0.39, 0.29) is 0 Å². The van der Waals surface area contributed by atoms with Gasteiger partial charge in [-0.25, -0.2) is 0 Å². The minimum atomic E-state index is 0.449. The highest BCUT2D eigenvalue weighted by Gasteiger charge is 2.25. The van der Waals surface area contributed by atoms with Gasteiger partial charge in [0.1, 0.15) is 11.6 Å². The van der Waals surface area contributed by atoms with E-state index in [0.717, 1.165) is 38.0 Å². The van der Waals surface area contributed by atoms with Gasteiger partial charge in [-0.05, 0) is 24.2 Å². The van der Waals surface area contributed by atoms with Gasteiger partial charge in [0.05, 0.1) is 0 Å². The zero-order chi connectivity index (χ0) is 12.8. The predicted octanol–water partition coefficient (Wildman–Crippen LogP) is 3.78. The van der Waals surface area contributed by atoms with Crippen LogP contribution in [0.3, 0.4) is 0 Å². The van der Waals surface area contributed by atoms with Gasteiger partial charge in [-0.15, -0.1) is 0 Å². The van der Waals surface area contributed by atoms with Gasteiger partial charge >= 0.3 is 0 Å². The van der Waals surface area contributed by atoms with Gasteiger partial charge in [0.25, 0.3) is 0 Å². The van der Waals surface area contributed by atoms with E-state index in [9.17, 15) is 9.59 Å². The van der Waals surface area contributed by atoms with Gasteiger partial charge in [0.15, 0.2) is 0 Å². The lowest BCUT2D eigenvalue weighted by atomic mass is 10.0. The topological polar surface area (TPSA) is 34.1 Å². The third kappa shape index (κ3) is 5.01. The molecule has 2 heteroatoms. The van der Waals surface area contributed by atoms with Gasteiger partial charge in [0, 0.05) is 25.7 Å². The van der Waals surface area contributed by atoms with Gasteiger partial charge in [-0.2, -0.15) is 0 Å². The van der Waals surface area contributed by atoms with Crippen molar-refractivity contribution in [2.75, 3.05) is 0 Å². The average molecular weight is 238 g/mol. The Morgan fingerprint density at radius 1 is 1.00 bits per heavy atom. The molecule has 0 amide bonds. The molecule has 0 aromatic rings. The molecule has 0 N–H and O–H groups in total. The molecule has 0 radical (unpaired) electrons. The minimum Gasteiger partial charge on any atom is -0.300 e. The van der Waals surface area contributed by atoms with Gasteiger partial charge < -0.3 is 0 Å². The highest BCUT2D eigenvalue weighted by molar-refractivity contribution is 5.81. The molecule has 98 valence electrons. The smallest absolute Gasteiger partial charge is 0.133 e. The number of rotatable bonds is 2. The molecule has 2 saturated carbocycles. The third-order valence-electron chi connectivity index (χ3n) is 4.12. The molecule has 2 aliphatic carbocycles. The summed E-state index contributed by atoms with van der Waals surface area (Å²) in [5.74, 6) is 2.95. The van der Waals surface area contributed by atoms with Crippen molar-refractivity contribution >= 4 is 11.6 Å². The zero-order valence-electron chi connectivity index (χ0n) is 11.5. The summed E-state index contributed by atoms with van der Waals surface area (Å²) >= 11 is 0. The van der Waals surface area contributed by atoms with E-state index < -0.39 is 0 Å². The van der Waals surface area contributed by atoms with Gasteiger partial charge in [-0.1, -0.05) is 33.6 Å². The summed E-state index contributed by atoms with van der Waals surface area (Å²) < 4.78 is 0. The Morgan fingerprint density at radius 2 is 1.59 bits per heavy atom. The molecule has 17 heavy (non-hydrogen) atoms. The fourth-order valence-corrected chi connectivity index (χ4v) is 2.75. The predicted molar refractivity (Wildman–Crippen MR) is 69.8 cm³/mol. The van der Waals surface area contributed by atoms with E-state index in [1.54, 1.807) is 0 Å². The summed E-state index contributed by atoms with van der Waals surface area (Å²) in [6, 6.07) is 0. The Morgan fingerprint density at radius 3 is 1.88 bits per heavy atom. The maximum Gasteiger partial charge on any atom is 0.133 e. The molecule has 0 aromatic carbocycles. The highest BCUT2D eigenvalue weighted by Crippen LogP contribution is 2.27. The number of carbonyl (C=O) groups is 2. The van der Waals surface area contributed by atoms with Crippen molar-refractivity contribution in [3.8, 4) is 0 Å². The fourth-order valence-electron chi connectivity index (χ4n) is 2.75. The number of Topliss-reactive ketones (excluding diaryl/α,β-unsaturated/α-hetero) is 2. The van der Waals surface area contributed by atoms with Crippen LogP contribution in [0.25, 0.3) is 0 Å². The first-order valence-electron chi connectivity index (χ1n) is 7.06. The van der Waals surface area contributed by atoms with Crippen LogP contribution in [-0.2, 0) is 9.59 Å². The van der Waals surface area contributed by atoms with Crippen LogP contribution in [0.15, 0.2) is 0 Å². The molecular formula is C15H26O2. The second kappa shape index (κ2) is 6.93. The molecule has 0 bridgehead atoms. The van der Waals surface area contributed by atoms with Crippen LogP contribution in [0.4, 0.5) is 0 Å². The first-order chi connectivity index (χ1) is 8.02. The SMILES string of the molecule is CCC[C@@H]1CCC(=O)C1.C[C@H]1CC(=O)C[C@@H]1C. The van der Waals surface area contributed by atoms with Crippen molar-refractivity contribution in [2.24, 2.45) is 17.8 Å². The first kappa shape index (κ1) is 14.4. The van der Waals surface area contributed by atoms with Gasteiger partial charge in [-0.3, -0.25) is 9.59 Å². The normalized spacial score (nSPS) is 32.5. The molecule has 0 saturated heterocycles. The maximum absolute atomic E-state index is 10.7. The lowest BCUT2D eigenvalue weighted by Crippen LogP contribution is -1.95. The summed E-state index contributed by atoms with van der Waals surface area (Å²) in [5, 5.41) is 0. The second-order valence-electron chi connectivity index (χ2n) is 5.84. The zero-order valence-corrected chi connectivity index (χ0v) is 11.5. The second-order valence-corrected chi connectivity index (χ2v) is 5.84. The van der Waals surface area contributed by atoms with Crippen molar-refractivity contribution in [3.05, 3.63) is 0 Å². The number of hydrogen-bond acceptors (Lipinski definition) is 2. The molecule has 0 aliphatic heterocycles. The van der Waals surface area contributed by atoms with Crippen molar-refractivity contribution in [2.45, 2.75) is 65.7 Å². The number of hydrogen-bond donors (Lipinski definition) is 0. The summed E-state index contributed by atoms with van der Waals surface area (Å²) in [7, 11) is 0. The third-order valence-corrected chi connectivity index (χ3v) is 4.12. The van der Waals surface area contributed by atoms with E-state index in [1.807, 2.05) is 0 Å². The Labute approximate surface area is 105 Å². The van der Waals surface area contributed by atoms with Crippen molar-refractivity contribution in [3.63, 3.8) is 0 Å². The quantitative estimate of drug-likeness (QED) is 0.733. The lowest BCUT2D eigenvalue weighted by Gasteiger charge is -2.03. The van der Waals surface area contributed by atoms with Crippen molar-refractivity contribution in [1.82, 2.24) is 0 Å². The average Bonchev–Trinajstić information content (AvgIpc) is 2.76. The van der Waals surface area contributed by atoms with Crippen LogP contribution in [0.2, 0.25) is 0 Å². The van der Waals surface area contributed by atoms with Crippen LogP contribution >= 0.6 is 0 Å². The maximum atomic E-state index is 10.7. The van der Waals surface area contributed by atoms with E-state index in [2.05, 4.69) is 20.8 Å². The summed E-state index contributed by atoms with van der Waals surface area (Å²) in [6.07, 6.45) is 7.01. The van der Waals surface area contributed by atoms with Crippen molar-refractivity contribution < 1.29 is 9.59 Å².